The van der Waals surface area contributed by atoms with E-state index in [1.165, 1.54) is 0 Å². The number of guanidine groups is 1. The summed E-state index contributed by atoms with van der Waals surface area (Å²) in [4.78, 5) is 8.83. The topological polar surface area (TPSA) is 79.2 Å². The molecule has 0 unspecified atom stereocenters. The van der Waals surface area contributed by atoms with Crippen molar-refractivity contribution < 1.29 is 0 Å². The first-order valence-corrected chi connectivity index (χ1v) is 8.43. The molecule has 3 N–H and O–H groups in total. The molecule has 0 aromatic carbocycles. The Morgan fingerprint density at radius 3 is 2.64 bits per heavy atom. The molecule has 138 valence electrons. The minimum atomic E-state index is 0. The second-order valence-corrected chi connectivity index (χ2v) is 5.42. The van der Waals surface area contributed by atoms with Crippen LogP contribution in [0.15, 0.2) is 41.7 Å². The number of aromatic nitrogens is 3. The molecule has 25 heavy (non-hydrogen) atoms. The highest BCUT2D eigenvalue weighted by molar-refractivity contribution is 14.0. The van der Waals surface area contributed by atoms with E-state index in [9.17, 15) is 0 Å². The Morgan fingerprint density at radius 2 is 1.96 bits per heavy atom. The van der Waals surface area contributed by atoms with Crippen LogP contribution >= 0.6 is 24.0 Å². The lowest BCUT2D eigenvalue weighted by atomic mass is 10.3. The highest BCUT2D eigenvalue weighted by atomic mass is 127. The lowest BCUT2D eigenvalue weighted by Gasteiger charge is -2.11. The highest BCUT2D eigenvalue weighted by Crippen LogP contribution is 2.00. The molecule has 0 amide bonds. The van der Waals surface area contributed by atoms with E-state index in [2.05, 4.69) is 37.9 Å². The average Bonchev–Trinajstić information content (AvgIpc) is 3.01. The predicted molar refractivity (Wildman–Crippen MR) is 113 cm³/mol. The van der Waals surface area contributed by atoms with Gasteiger partial charge in [-0.1, -0.05) is 6.07 Å². The number of anilines is 1. The third-order valence-electron chi connectivity index (χ3n) is 3.53. The van der Waals surface area contributed by atoms with Gasteiger partial charge in [0.25, 0.3) is 0 Å². The maximum absolute atomic E-state index is 4.59. The van der Waals surface area contributed by atoms with Gasteiger partial charge in [-0.15, -0.1) is 24.0 Å². The van der Waals surface area contributed by atoms with Crippen molar-refractivity contribution in [1.82, 2.24) is 25.4 Å². The van der Waals surface area contributed by atoms with Crippen LogP contribution in [0, 0.1) is 0 Å². The first-order chi connectivity index (χ1) is 11.8. The van der Waals surface area contributed by atoms with E-state index in [-0.39, 0.29) is 24.0 Å². The largest absolute Gasteiger partial charge is 0.370 e. The summed E-state index contributed by atoms with van der Waals surface area (Å²) in [5.74, 6) is 1.77. The van der Waals surface area contributed by atoms with Gasteiger partial charge in [0.2, 0.25) is 0 Å². The minimum Gasteiger partial charge on any atom is -0.370 e. The number of rotatable bonds is 9. The van der Waals surface area contributed by atoms with Crippen LogP contribution in [0.5, 0.6) is 0 Å². The number of nitrogens with one attached hydrogen (secondary N) is 3. The molecular weight excluding hydrogens is 429 g/mol. The van der Waals surface area contributed by atoms with Crippen LogP contribution in [0.1, 0.15) is 25.5 Å². The Morgan fingerprint density at radius 1 is 1.12 bits per heavy atom. The van der Waals surface area contributed by atoms with E-state index < -0.39 is 0 Å². The smallest absolute Gasteiger partial charge is 0.191 e. The molecule has 0 saturated carbocycles. The van der Waals surface area contributed by atoms with Gasteiger partial charge in [0, 0.05) is 39.1 Å². The fraction of sp³-hybridized carbons (Fsp3) is 0.471. The van der Waals surface area contributed by atoms with Crippen molar-refractivity contribution in [2.45, 2.75) is 26.3 Å². The zero-order chi connectivity index (χ0) is 17.0. The van der Waals surface area contributed by atoms with E-state index in [1.807, 2.05) is 36.0 Å². The number of hydrogen-bond donors (Lipinski definition) is 3. The number of halogens is 1. The molecule has 2 aromatic heterocycles. The van der Waals surface area contributed by atoms with Gasteiger partial charge in [0.05, 0.1) is 12.2 Å². The van der Waals surface area contributed by atoms with Crippen molar-refractivity contribution in [2.24, 2.45) is 12.0 Å². The summed E-state index contributed by atoms with van der Waals surface area (Å²) in [5, 5.41) is 14.1. The van der Waals surface area contributed by atoms with E-state index in [0.717, 1.165) is 49.9 Å². The molecule has 0 saturated heterocycles. The Hall–Kier alpha value is -1.84. The monoisotopic (exact) mass is 457 g/mol. The van der Waals surface area contributed by atoms with Crippen molar-refractivity contribution >= 4 is 35.8 Å². The molecule has 0 aliphatic rings. The lowest BCUT2D eigenvalue weighted by molar-refractivity contribution is 0.696. The van der Waals surface area contributed by atoms with E-state index in [1.54, 1.807) is 12.4 Å². The Kier molecular flexibility index (Phi) is 10.6. The van der Waals surface area contributed by atoms with E-state index in [4.69, 9.17) is 0 Å². The molecule has 7 nitrogen and oxygen atoms in total. The van der Waals surface area contributed by atoms with Crippen molar-refractivity contribution in [3.63, 3.8) is 0 Å². The summed E-state index contributed by atoms with van der Waals surface area (Å²) in [7, 11) is 1.93. The molecule has 0 spiro atoms. The fourth-order valence-corrected chi connectivity index (χ4v) is 2.20. The summed E-state index contributed by atoms with van der Waals surface area (Å²) < 4.78 is 1.84. The molecule has 8 heteroatoms. The summed E-state index contributed by atoms with van der Waals surface area (Å²) >= 11 is 0. The van der Waals surface area contributed by atoms with Gasteiger partial charge in [-0.3, -0.25) is 4.68 Å². The van der Waals surface area contributed by atoms with Crippen LogP contribution < -0.4 is 16.0 Å². The number of hydrogen-bond acceptors (Lipinski definition) is 4. The molecule has 0 aliphatic carbocycles. The van der Waals surface area contributed by atoms with Crippen molar-refractivity contribution in [1.29, 1.82) is 0 Å². The van der Waals surface area contributed by atoms with Crippen molar-refractivity contribution in [3.8, 4) is 0 Å². The SMILES string of the molecule is CCNC(=NCc1ccnn1C)NCCCCNc1ccccn1.I. The van der Waals surface area contributed by atoms with Crippen LogP contribution in [0.4, 0.5) is 5.82 Å². The summed E-state index contributed by atoms with van der Waals surface area (Å²) in [6.45, 7) is 5.34. The standard InChI is InChI=1S/C17H27N7.HI/c1-3-18-17(22-14-15-9-13-23-24(15)2)21-12-7-6-11-20-16-8-4-5-10-19-16;/h4-5,8-10,13H,3,6-7,11-12,14H2,1-2H3,(H,19,20)(H2,18,21,22);1H. The molecular formula is C17H28IN7. The molecule has 0 bridgehead atoms. The average molecular weight is 457 g/mol. The van der Waals surface area contributed by atoms with Gasteiger partial charge >= 0.3 is 0 Å². The summed E-state index contributed by atoms with van der Waals surface area (Å²) in [6, 6.07) is 7.86. The highest BCUT2D eigenvalue weighted by Gasteiger charge is 2.00. The second kappa shape index (κ2) is 12.5. The van der Waals surface area contributed by atoms with E-state index >= 15 is 0 Å². The Balaban J connectivity index is 0.00000312. The van der Waals surface area contributed by atoms with Gasteiger partial charge < -0.3 is 16.0 Å². The van der Waals surface area contributed by atoms with Gasteiger partial charge in [-0.25, -0.2) is 9.98 Å². The first kappa shape index (κ1) is 21.2. The van der Waals surface area contributed by atoms with Crippen LogP contribution in [0.3, 0.4) is 0 Å². The minimum absolute atomic E-state index is 0. The number of unbranched alkanes of at least 4 members (excludes halogenated alkanes) is 1. The lowest BCUT2D eigenvalue weighted by Crippen LogP contribution is -2.37. The zero-order valence-corrected chi connectivity index (χ0v) is 17.2. The molecule has 2 heterocycles. The number of pyridine rings is 1. The zero-order valence-electron chi connectivity index (χ0n) is 14.9. The third kappa shape index (κ3) is 8.19. The first-order valence-electron chi connectivity index (χ1n) is 8.43. The molecule has 0 atom stereocenters. The fourth-order valence-electron chi connectivity index (χ4n) is 2.20. The second-order valence-electron chi connectivity index (χ2n) is 5.42. The Labute approximate surface area is 166 Å². The van der Waals surface area contributed by atoms with Crippen molar-refractivity contribution in [3.05, 3.63) is 42.4 Å². The van der Waals surface area contributed by atoms with Crippen LogP contribution in [0.2, 0.25) is 0 Å². The molecule has 0 radical (unpaired) electrons. The maximum Gasteiger partial charge on any atom is 0.191 e. The molecule has 0 fully saturated rings. The van der Waals surface area contributed by atoms with Crippen LogP contribution in [-0.4, -0.2) is 40.4 Å². The van der Waals surface area contributed by atoms with Crippen LogP contribution in [-0.2, 0) is 13.6 Å². The summed E-state index contributed by atoms with van der Waals surface area (Å²) in [5.41, 5.74) is 1.09. The quantitative estimate of drug-likeness (QED) is 0.233. The van der Waals surface area contributed by atoms with Gasteiger partial charge in [0.15, 0.2) is 5.96 Å². The predicted octanol–water partition coefficient (Wildman–Crippen LogP) is 2.38. The number of nitrogens with zero attached hydrogens (tertiary/aromatic N) is 4. The third-order valence-corrected chi connectivity index (χ3v) is 3.53. The normalized spacial score (nSPS) is 10.9. The van der Waals surface area contributed by atoms with E-state index in [0.29, 0.717) is 6.54 Å². The summed E-state index contributed by atoms with van der Waals surface area (Å²) in [6.07, 6.45) is 5.73. The number of aliphatic imine (C=N–C) groups is 1. The molecule has 0 aliphatic heterocycles. The van der Waals surface area contributed by atoms with Gasteiger partial charge in [-0.05, 0) is 38.0 Å². The van der Waals surface area contributed by atoms with Gasteiger partial charge in [0.1, 0.15) is 5.82 Å². The number of aryl methyl sites for hydroxylation is 1. The van der Waals surface area contributed by atoms with Crippen LogP contribution in [0.25, 0.3) is 0 Å². The maximum atomic E-state index is 4.59. The molecule has 2 rings (SSSR count). The van der Waals surface area contributed by atoms with Gasteiger partial charge in [-0.2, -0.15) is 5.10 Å². The molecule has 2 aromatic rings. The van der Waals surface area contributed by atoms with Crippen molar-refractivity contribution in [2.75, 3.05) is 25.0 Å². The Bertz CT molecular complexity index is 612.